The van der Waals surface area contributed by atoms with Crippen LogP contribution in [0.5, 0.6) is 0 Å². The van der Waals surface area contributed by atoms with Crippen molar-refractivity contribution in [1.29, 1.82) is 0 Å². The minimum absolute atomic E-state index is 0. The van der Waals surface area contributed by atoms with Crippen LogP contribution in [0.2, 0.25) is 0 Å². The number of hydrogen-bond acceptors (Lipinski definition) is 4. The smallest absolute Gasteiger partial charge is 0.191 e. The molecule has 166 valence electrons. The molecule has 1 aliphatic carbocycles. The van der Waals surface area contributed by atoms with Crippen molar-refractivity contribution in [2.45, 2.75) is 83.7 Å². The third kappa shape index (κ3) is 8.78. The molecule has 0 amide bonds. The van der Waals surface area contributed by atoms with E-state index in [2.05, 4.69) is 37.2 Å². The predicted molar refractivity (Wildman–Crippen MR) is 130 cm³/mol. The topological polar surface area (TPSA) is 70.4 Å². The Kier molecular flexibility index (Phi) is 11.9. The average molecular weight is 518 g/mol. The largest absolute Gasteiger partial charge is 0.355 e. The Balaban J connectivity index is 0.00000300. The van der Waals surface area contributed by atoms with E-state index in [9.17, 15) is 0 Å². The molecule has 29 heavy (non-hydrogen) atoms. The Morgan fingerprint density at radius 3 is 2.59 bits per heavy atom. The summed E-state index contributed by atoms with van der Waals surface area (Å²) in [4.78, 5) is 7.51. The maximum Gasteiger partial charge on any atom is 0.191 e. The summed E-state index contributed by atoms with van der Waals surface area (Å²) >= 11 is 0. The molecule has 2 fully saturated rings. The summed E-state index contributed by atoms with van der Waals surface area (Å²) in [7, 11) is 0. The highest BCUT2D eigenvalue weighted by Crippen LogP contribution is 2.17. The molecule has 8 heteroatoms. The van der Waals surface area contributed by atoms with Gasteiger partial charge in [0.2, 0.25) is 0 Å². The van der Waals surface area contributed by atoms with Gasteiger partial charge in [-0.2, -0.15) is 0 Å². The van der Waals surface area contributed by atoms with Crippen molar-refractivity contribution in [3.05, 3.63) is 12.2 Å². The van der Waals surface area contributed by atoms with Gasteiger partial charge in [0.25, 0.3) is 0 Å². The minimum Gasteiger partial charge on any atom is -0.355 e. The van der Waals surface area contributed by atoms with Crippen LogP contribution in [-0.2, 0) is 13.0 Å². The monoisotopic (exact) mass is 517 g/mol. The second kappa shape index (κ2) is 14.2. The highest BCUT2D eigenvalue weighted by Gasteiger charge is 2.16. The maximum absolute atomic E-state index is 4.88. The highest BCUT2D eigenvalue weighted by molar-refractivity contribution is 14.0. The van der Waals surface area contributed by atoms with E-state index in [4.69, 9.17) is 4.99 Å². The van der Waals surface area contributed by atoms with Crippen LogP contribution in [0.15, 0.2) is 11.3 Å². The standard InChI is InChI=1S/C21H39N7.HI/c1-2-20-26-24-18-28(20)17-13-23-21(25-19-10-5-6-11-19)22-12-9-16-27-14-7-3-4-8-15-27;/h18-19H,2-17H2,1H3,(H2,22,23,25);1H. The lowest BCUT2D eigenvalue weighted by Crippen LogP contribution is -2.43. The number of rotatable bonds is 9. The Bertz CT molecular complexity index is 575. The summed E-state index contributed by atoms with van der Waals surface area (Å²) in [6.07, 6.45) is 14.6. The molecule has 0 radical (unpaired) electrons. The summed E-state index contributed by atoms with van der Waals surface area (Å²) in [6, 6.07) is 0.581. The number of hydrogen-bond donors (Lipinski definition) is 2. The third-order valence-corrected chi connectivity index (χ3v) is 5.95. The second-order valence-corrected chi connectivity index (χ2v) is 8.19. The van der Waals surface area contributed by atoms with E-state index in [0.717, 1.165) is 44.3 Å². The Hall–Kier alpha value is -0.900. The van der Waals surface area contributed by atoms with Gasteiger partial charge in [-0.05, 0) is 51.7 Å². The predicted octanol–water partition coefficient (Wildman–Crippen LogP) is 3.20. The van der Waals surface area contributed by atoms with Gasteiger partial charge in [-0.15, -0.1) is 34.2 Å². The molecule has 1 aromatic rings. The fraction of sp³-hybridized carbons (Fsp3) is 0.857. The molecular weight excluding hydrogens is 477 g/mol. The normalized spacial score (nSPS) is 19.0. The highest BCUT2D eigenvalue weighted by atomic mass is 127. The van der Waals surface area contributed by atoms with Crippen molar-refractivity contribution in [3.63, 3.8) is 0 Å². The molecule has 0 aromatic carbocycles. The van der Waals surface area contributed by atoms with Crippen LogP contribution in [-0.4, -0.2) is 64.4 Å². The molecule has 1 saturated heterocycles. The third-order valence-electron chi connectivity index (χ3n) is 5.95. The fourth-order valence-electron chi connectivity index (χ4n) is 4.30. The lowest BCUT2D eigenvalue weighted by atomic mass is 10.2. The van der Waals surface area contributed by atoms with E-state index in [1.807, 2.05) is 6.33 Å². The van der Waals surface area contributed by atoms with Crippen molar-refractivity contribution in [1.82, 2.24) is 30.3 Å². The summed E-state index contributed by atoms with van der Waals surface area (Å²) in [5.74, 6) is 2.02. The van der Waals surface area contributed by atoms with Crippen LogP contribution >= 0.6 is 24.0 Å². The molecule has 1 saturated carbocycles. The first-order valence-electron chi connectivity index (χ1n) is 11.5. The van der Waals surface area contributed by atoms with Gasteiger partial charge in [-0.1, -0.05) is 32.6 Å². The maximum atomic E-state index is 4.88. The molecule has 0 atom stereocenters. The van der Waals surface area contributed by atoms with E-state index in [1.165, 1.54) is 71.0 Å². The molecule has 0 spiro atoms. The summed E-state index contributed by atoms with van der Waals surface area (Å²) in [6.45, 7) is 8.45. The van der Waals surface area contributed by atoms with Crippen molar-refractivity contribution in [2.24, 2.45) is 4.99 Å². The summed E-state index contributed by atoms with van der Waals surface area (Å²) in [5.41, 5.74) is 0. The summed E-state index contributed by atoms with van der Waals surface area (Å²) < 4.78 is 2.12. The minimum atomic E-state index is 0. The zero-order valence-corrected chi connectivity index (χ0v) is 20.4. The number of guanidine groups is 1. The molecule has 7 nitrogen and oxygen atoms in total. The first kappa shape index (κ1) is 24.4. The van der Waals surface area contributed by atoms with Gasteiger partial charge in [-0.25, -0.2) is 0 Å². The Morgan fingerprint density at radius 2 is 1.86 bits per heavy atom. The van der Waals surface area contributed by atoms with Crippen molar-refractivity contribution in [3.8, 4) is 0 Å². The Morgan fingerprint density at radius 1 is 1.10 bits per heavy atom. The molecule has 2 aliphatic rings. The van der Waals surface area contributed by atoms with E-state index in [1.54, 1.807) is 0 Å². The number of halogens is 1. The fourth-order valence-corrected chi connectivity index (χ4v) is 4.30. The van der Waals surface area contributed by atoms with Crippen LogP contribution < -0.4 is 10.6 Å². The van der Waals surface area contributed by atoms with Gasteiger partial charge in [-0.3, -0.25) is 4.99 Å². The SMILES string of the molecule is CCc1nncn1CCNC(=NCCCN1CCCCCC1)NC1CCCC1.I. The number of nitrogens with one attached hydrogen (secondary N) is 2. The number of nitrogens with zero attached hydrogens (tertiary/aromatic N) is 5. The van der Waals surface area contributed by atoms with Crippen molar-refractivity contribution in [2.75, 3.05) is 32.7 Å². The van der Waals surface area contributed by atoms with Gasteiger partial charge < -0.3 is 20.1 Å². The first-order chi connectivity index (χ1) is 13.8. The zero-order chi connectivity index (χ0) is 19.4. The lowest BCUT2D eigenvalue weighted by molar-refractivity contribution is 0.283. The number of aromatic nitrogens is 3. The molecule has 0 unspecified atom stereocenters. The van der Waals surface area contributed by atoms with Gasteiger partial charge in [0.15, 0.2) is 5.96 Å². The van der Waals surface area contributed by atoms with Gasteiger partial charge in [0, 0.05) is 32.1 Å². The average Bonchev–Trinajstić information content (AvgIpc) is 3.31. The first-order valence-corrected chi connectivity index (χ1v) is 11.5. The molecule has 3 rings (SSSR count). The van der Waals surface area contributed by atoms with E-state index in [-0.39, 0.29) is 24.0 Å². The van der Waals surface area contributed by atoms with Crippen LogP contribution in [0.1, 0.15) is 70.5 Å². The van der Waals surface area contributed by atoms with Gasteiger partial charge in [0.1, 0.15) is 12.2 Å². The second-order valence-electron chi connectivity index (χ2n) is 8.19. The quantitative estimate of drug-likeness (QED) is 0.228. The summed E-state index contributed by atoms with van der Waals surface area (Å²) in [5, 5.41) is 15.4. The van der Waals surface area contributed by atoms with Crippen molar-refractivity contribution >= 4 is 29.9 Å². The van der Waals surface area contributed by atoms with Crippen LogP contribution in [0.4, 0.5) is 0 Å². The van der Waals surface area contributed by atoms with Crippen LogP contribution in [0.3, 0.4) is 0 Å². The molecule has 1 aliphatic heterocycles. The molecule has 0 bridgehead atoms. The zero-order valence-electron chi connectivity index (χ0n) is 18.1. The lowest BCUT2D eigenvalue weighted by Gasteiger charge is -2.20. The van der Waals surface area contributed by atoms with E-state index in [0.29, 0.717) is 6.04 Å². The van der Waals surface area contributed by atoms with Gasteiger partial charge in [0.05, 0.1) is 0 Å². The van der Waals surface area contributed by atoms with Crippen LogP contribution in [0, 0.1) is 0 Å². The van der Waals surface area contributed by atoms with Crippen molar-refractivity contribution < 1.29 is 0 Å². The molecule has 2 heterocycles. The number of aryl methyl sites for hydroxylation is 1. The Labute approximate surface area is 193 Å². The van der Waals surface area contributed by atoms with Gasteiger partial charge >= 0.3 is 0 Å². The number of likely N-dealkylation sites (tertiary alicyclic amines) is 1. The van der Waals surface area contributed by atoms with E-state index < -0.39 is 0 Å². The van der Waals surface area contributed by atoms with Crippen LogP contribution in [0.25, 0.3) is 0 Å². The number of aliphatic imine (C=N–C) groups is 1. The van der Waals surface area contributed by atoms with E-state index >= 15 is 0 Å². The molecule has 1 aromatic heterocycles. The molecular formula is C21H40IN7. The molecule has 2 N–H and O–H groups in total.